The van der Waals surface area contributed by atoms with E-state index in [4.69, 9.17) is 5.73 Å². The first-order valence-electron chi connectivity index (χ1n) is 9.85. The van der Waals surface area contributed by atoms with Gasteiger partial charge in [-0.3, -0.25) is 14.4 Å². The number of nitrogens with zero attached hydrogens (tertiary/aromatic N) is 3. The highest BCUT2D eigenvalue weighted by Crippen LogP contribution is 2.36. The van der Waals surface area contributed by atoms with Gasteiger partial charge in [-0.1, -0.05) is 13.8 Å². The maximum Gasteiger partial charge on any atom is 0.242 e. The minimum Gasteiger partial charge on any atom is -0.369 e. The number of primary amides is 1. The van der Waals surface area contributed by atoms with Crippen molar-refractivity contribution in [1.29, 1.82) is 0 Å². The molecule has 26 heavy (non-hydrogen) atoms. The van der Waals surface area contributed by atoms with Crippen LogP contribution in [0, 0.1) is 17.8 Å². The Kier molecular flexibility index (Phi) is 5.55. The number of hydrogen-bond acceptors (Lipinski definition) is 4. The lowest BCUT2D eigenvalue weighted by atomic mass is 9.91. The molecule has 146 valence electrons. The second kappa shape index (κ2) is 7.55. The molecule has 3 aliphatic heterocycles. The smallest absolute Gasteiger partial charge is 0.242 e. The maximum atomic E-state index is 12.9. The van der Waals surface area contributed by atoms with E-state index < -0.39 is 0 Å². The van der Waals surface area contributed by atoms with Gasteiger partial charge in [0.15, 0.2) is 0 Å². The summed E-state index contributed by atoms with van der Waals surface area (Å²) in [6, 6.07) is -0.196. The Labute approximate surface area is 155 Å². The number of piperidine rings is 1. The molecule has 3 atom stereocenters. The molecule has 3 heterocycles. The van der Waals surface area contributed by atoms with Crippen LogP contribution in [-0.4, -0.2) is 77.7 Å². The summed E-state index contributed by atoms with van der Waals surface area (Å²) in [6.45, 7) is 6.71. The van der Waals surface area contributed by atoms with E-state index in [1.54, 1.807) is 4.90 Å². The van der Waals surface area contributed by atoms with Crippen molar-refractivity contribution in [1.82, 2.24) is 14.7 Å². The van der Waals surface area contributed by atoms with Gasteiger partial charge < -0.3 is 20.4 Å². The molecule has 3 aliphatic rings. The molecule has 7 heteroatoms. The summed E-state index contributed by atoms with van der Waals surface area (Å²) in [5, 5.41) is 0. The van der Waals surface area contributed by atoms with Crippen molar-refractivity contribution in [3.63, 3.8) is 0 Å². The molecule has 0 aromatic rings. The summed E-state index contributed by atoms with van der Waals surface area (Å²) in [5.41, 5.74) is 5.63. The molecule has 0 aliphatic carbocycles. The first kappa shape index (κ1) is 19.1. The van der Waals surface area contributed by atoms with E-state index in [1.807, 2.05) is 4.90 Å². The predicted octanol–water partition coefficient (Wildman–Crippen LogP) is 0.288. The number of piperazine rings is 1. The number of carbonyl (C=O) groups excluding carboxylic acids is 3. The highest BCUT2D eigenvalue weighted by Gasteiger charge is 2.50. The van der Waals surface area contributed by atoms with Crippen LogP contribution in [0.5, 0.6) is 0 Å². The molecule has 0 bridgehead atoms. The van der Waals surface area contributed by atoms with Crippen LogP contribution in [0.15, 0.2) is 0 Å². The van der Waals surface area contributed by atoms with E-state index in [0.717, 1.165) is 32.4 Å². The van der Waals surface area contributed by atoms with Crippen LogP contribution in [0.25, 0.3) is 0 Å². The van der Waals surface area contributed by atoms with Gasteiger partial charge in [0.25, 0.3) is 0 Å². The zero-order chi connectivity index (χ0) is 19.0. The van der Waals surface area contributed by atoms with Crippen LogP contribution in [0.4, 0.5) is 0 Å². The second-order valence-electron chi connectivity index (χ2n) is 8.69. The Morgan fingerprint density at radius 3 is 2.46 bits per heavy atom. The molecule has 0 saturated carbocycles. The fraction of sp³-hybridized carbons (Fsp3) is 0.842. The molecule has 0 aromatic heterocycles. The van der Waals surface area contributed by atoms with Gasteiger partial charge >= 0.3 is 0 Å². The molecule has 2 N–H and O–H groups in total. The van der Waals surface area contributed by atoms with Crippen LogP contribution >= 0.6 is 0 Å². The fourth-order valence-corrected chi connectivity index (χ4v) is 4.89. The molecule has 0 unspecified atom stereocenters. The molecule has 3 rings (SSSR count). The van der Waals surface area contributed by atoms with Crippen molar-refractivity contribution in [2.75, 3.05) is 33.2 Å². The Morgan fingerprint density at radius 2 is 1.88 bits per heavy atom. The third kappa shape index (κ3) is 3.72. The van der Waals surface area contributed by atoms with Crippen LogP contribution in [-0.2, 0) is 14.4 Å². The van der Waals surface area contributed by atoms with Gasteiger partial charge in [-0.25, -0.2) is 0 Å². The minimum atomic E-state index is -0.328. The van der Waals surface area contributed by atoms with E-state index in [0.29, 0.717) is 18.9 Å². The zero-order valence-corrected chi connectivity index (χ0v) is 16.2. The first-order valence-corrected chi connectivity index (χ1v) is 9.85. The van der Waals surface area contributed by atoms with Gasteiger partial charge in [0, 0.05) is 18.5 Å². The van der Waals surface area contributed by atoms with Gasteiger partial charge in [-0.2, -0.15) is 0 Å². The molecule has 3 amide bonds. The summed E-state index contributed by atoms with van der Waals surface area (Å²) < 4.78 is 0. The normalized spacial score (nSPS) is 30.8. The third-order valence-electron chi connectivity index (χ3n) is 6.24. The lowest BCUT2D eigenvalue weighted by molar-refractivity contribution is -0.152. The topological polar surface area (TPSA) is 87.0 Å². The molecule has 7 nitrogen and oxygen atoms in total. The van der Waals surface area contributed by atoms with Gasteiger partial charge in [0.1, 0.15) is 0 Å². The quantitative estimate of drug-likeness (QED) is 0.777. The van der Waals surface area contributed by atoms with E-state index in [1.165, 1.54) is 0 Å². The summed E-state index contributed by atoms with van der Waals surface area (Å²) >= 11 is 0. The number of amides is 3. The number of likely N-dealkylation sites (tertiary alicyclic amines) is 1. The van der Waals surface area contributed by atoms with Gasteiger partial charge in [0.05, 0.1) is 18.5 Å². The number of hydrogen-bond donors (Lipinski definition) is 1. The lowest BCUT2D eigenvalue weighted by Gasteiger charge is -2.42. The van der Waals surface area contributed by atoms with E-state index in [-0.39, 0.29) is 48.2 Å². The number of fused-ring (bicyclic) bond motifs is 1. The molecular formula is C19H32N4O3. The van der Waals surface area contributed by atoms with Crippen LogP contribution in [0.2, 0.25) is 0 Å². The highest BCUT2D eigenvalue weighted by atomic mass is 16.2. The third-order valence-corrected chi connectivity index (χ3v) is 6.24. The summed E-state index contributed by atoms with van der Waals surface area (Å²) in [7, 11) is 2.07. The van der Waals surface area contributed by atoms with Crippen molar-refractivity contribution in [3.8, 4) is 0 Å². The standard InChI is InChI=1S/C19H32N4O3/c1-12(2)8-16-15(18(20)25)9-14-10-22(11-17(24)23(14)16)19(26)13-4-6-21(3)7-5-13/h12-16H,4-11H2,1-3H3,(H2,20,25)/t14-,15-,16-/m1/s1. The SMILES string of the molecule is CC(C)C[C@@H]1[C@H](C(N)=O)C[C@@H]2CN(C(=O)C3CCN(C)CC3)CC(=O)N21. The summed E-state index contributed by atoms with van der Waals surface area (Å²) in [5.74, 6) is -0.153. The summed E-state index contributed by atoms with van der Waals surface area (Å²) in [6.07, 6.45) is 3.07. The average molecular weight is 364 g/mol. The van der Waals surface area contributed by atoms with Gasteiger partial charge in [0.2, 0.25) is 17.7 Å². The molecule has 3 fully saturated rings. The molecular weight excluding hydrogens is 332 g/mol. The van der Waals surface area contributed by atoms with Crippen molar-refractivity contribution in [2.45, 2.75) is 51.6 Å². The van der Waals surface area contributed by atoms with Crippen molar-refractivity contribution in [2.24, 2.45) is 23.5 Å². The molecule has 0 spiro atoms. The number of rotatable bonds is 4. The first-order chi connectivity index (χ1) is 12.3. The van der Waals surface area contributed by atoms with Crippen LogP contribution < -0.4 is 5.73 Å². The van der Waals surface area contributed by atoms with Gasteiger partial charge in [-0.15, -0.1) is 0 Å². The van der Waals surface area contributed by atoms with Crippen molar-refractivity contribution in [3.05, 3.63) is 0 Å². The van der Waals surface area contributed by atoms with E-state index in [9.17, 15) is 14.4 Å². The molecule has 3 saturated heterocycles. The maximum absolute atomic E-state index is 12.9. The largest absolute Gasteiger partial charge is 0.369 e. The van der Waals surface area contributed by atoms with E-state index in [2.05, 4.69) is 25.8 Å². The van der Waals surface area contributed by atoms with Crippen molar-refractivity contribution >= 4 is 17.7 Å². The Balaban J connectivity index is 1.71. The van der Waals surface area contributed by atoms with Crippen molar-refractivity contribution < 1.29 is 14.4 Å². The van der Waals surface area contributed by atoms with E-state index >= 15 is 0 Å². The second-order valence-corrected chi connectivity index (χ2v) is 8.69. The zero-order valence-electron chi connectivity index (χ0n) is 16.2. The summed E-state index contributed by atoms with van der Waals surface area (Å²) in [4.78, 5) is 43.5. The highest BCUT2D eigenvalue weighted by molar-refractivity contribution is 5.89. The van der Waals surface area contributed by atoms with Crippen LogP contribution in [0.3, 0.4) is 0 Å². The van der Waals surface area contributed by atoms with Crippen LogP contribution in [0.1, 0.15) is 39.5 Å². The lowest BCUT2D eigenvalue weighted by Crippen LogP contribution is -2.59. The average Bonchev–Trinajstić information content (AvgIpc) is 2.93. The fourth-order valence-electron chi connectivity index (χ4n) is 4.89. The predicted molar refractivity (Wildman–Crippen MR) is 98.0 cm³/mol. The monoisotopic (exact) mass is 364 g/mol. The Morgan fingerprint density at radius 1 is 1.23 bits per heavy atom. The Bertz CT molecular complexity index is 571. The van der Waals surface area contributed by atoms with Gasteiger partial charge in [-0.05, 0) is 51.7 Å². The number of carbonyl (C=O) groups is 3. The minimum absolute atomic E-state index is 0.0188. The number of nitrogens with two attached hydrogens (primary N) is 1. The molecule has 0 radical (unpaired) electrons. The Hall–Kier alpha value is -1.63. The molecule has 0 aromatic carbocycles.